The Bertz CT molecular complexity index is 768. The lowest BCUT2D eigenvalue weighted by Crippen LogP contribution is -2.27. The molecule has 2 atom stereocenters. The summed E-state index contributed by atoms with van der Waals surface area (Å²) in [6.45, 7) is 7.89. The lowest BCUT2D eigenvalue weighted by molar-refractivity contribution is -0.118. The van der Waals surface area contributed by atoms with Gasteiger partial charge in [-0.25, -0.2) is 9.67 Å². The topological polar surface area (TPSA) is 72.3 Å². The lowest BCUT2D eigenvalue weighted by atomic mass is 10.0. The van der Waals surface area contributed by atoms with Gasteiger partial charge in [-0.05, 0) is 37.4 Å². The van der Waals surface area contributed by atoms with E-state index in [4.69, 9.17) is 9.84 Å². The van der Waals surface area contributed by atoms with E-state index in [1.807, 2.05) is 16.9 Å². The summed E-state index contributed by atoms with van der Waals surface area (Å²) < 4.78 is 7.45. The number of nitrogens with zero attached hydrogens (tertiary/aromatic N) is 4. The minimum atomic E-state index is -0.0167. The number of fused-ring (bicyclic) bond motifs is 1. The summed E-state index contributed by atoms with van der Waals surface area (Å²) in [5, 5.41) is 8.87. The Labute approximate surface area is 153 Å². The summed E-state index contributed by atoms with van der Waals surface area (Å²) in [7, 11) is 0. The second-order valence-electron chi connectivity index (χ2n) is 7.44. The fourth-order valence-electron chi connectivity index (χ4n) is 4.14. The zero-order valence-electron chi connectivity index (χ0n) is 15.4. The molecule has 2 aromatic rings. The van der Waals surface area contributed by atoms with Gasteiger partial charge in [0.2, 0.25) is 5.91 Å². The van der Waals surface area contributed by atoms with Crippen molar-refractivity contribution in [1.29, 1.82) is 0 Å². The molecule has 26 heavy (non-hydrogen) atoms. The number of aromatic nitrogens is 3. The van der Waals surface area contributed by atoms with Gasteiger partial charge in [0, 0.05) is 50.7 Å². The number of hydrogen-bond acceptors (Lipinski definition) is 5. The normalized spacial score (nSPS) is 23.7. The van der Waals surface area contributed by atoms with E-state index < -0.39 is 0 Å². The van der Waals surface area contributed by atoms with Crippen LogP contribution in [0, 0.1) is 5.92 Å². The van der Waals surface area contributed by atoms with E-state index in [-0.39, 0.29) is 5.91 Å². The van der Waals surface area contributed by atoms with E-state index in [2.05, 4.69) is 21.3 Å². The molecule has 1 amide bonds. The Hall–Kier alpha value is -1.99. The first-order valence-electron chi connectivity index (χ1n) is 9.56. The van der Waals surface area contributed by atoms with Crippen molar-refractivity contribution < 1.29 is 9.53 Å². The molecule has 0 saturated carbocycles. The Balaban J connectivity index is 1.48. The van der Waals surface area contributed by atoms with Crippen molar-refractivity contribution in [3.8, 4) is 0 Å². The second kappa shape index (κ2) is 7.72. The molecule has 0 spiro atoms. The second-order valence-corrected chi connectivity index (χ2v) is 7.44. The van der Waals surface area contributed by atoms with Gasteiger partial charge in [-0.2, -0.15) is 5.10 Å². The first-order valence-corrected chi connectivity index (χ1v) is 9.56. The van der Waals surface area contributed by atoms with Gasteiger partial charge in [0.1, 0.15) is 0 Å². The van der Waals surface area contributed by atoms with E-state index in [9.17, 15) is 4.79 Å². The minimum absolute atomic E-state index is 0.0167. The predicted octanol–water partition coefficient (Wildman–Crippen LogP) is 1.39. The number of ether oxygens (including phenoxy) is 1. The Morgan fingerprint density at radius 1 is 1.42 bits per heavy atom. The highest BCUT2D eigenvalue weighted by molar-refractivity contribution is 5.79. The van der Waals surface area contributed by atoms with Crippen LogP contribution in [0.25, 0.3) is 11.0 Å². The molecule has 0 radical (unpaired) electrons. The molecular weight excluding hydrogens is 330 g/mol. The molecule has 0 bridgehead atoms. The summed E-state index contributed by atoms with van der Waals surface area (Å²) in [6.07, 6.45) is 4.13. The number of hydrogen-bond donors (Lipinski definition) is 1. The van der Waals surface area contributed by atoms with Crippen LogP contribution in [0.1, 0.15) is 31.4 Å². The van der Waals surface area contributed by atoms with Crippen LogP contribution in [-0.2, 0) is 16.1 Å². The van der Waals surface area contributed by atoms with Gasteiger partial charge in [-0.3, -0.25) is 4.79 Å². The third-order valence-corrected chi connectivity index (χ3v) is 5.43. The third kappa shape index (κ3) is 3.73. The number of carbonyl (C=O) groups excluding carboxylic acids is 1. The molecule has 140 valence electrons. The summed E-state index contributed by atoms with van der Waals surface area (Å²) in [6, 6.07) is 4.10. The number of pyridine rings is 1. The quantitative estimate of drug-likeness (QED) is 0.846. The Morgan fingerprint density at radius 2 is 2.35 bits per heavy atom. The van der Waals surface area contributed by atoms with Crippen molar-refractivity contribution in [2.45, 2.75) is 32.2 Å². The highest BCUT2D eigenvalue weighted by atomic mass is 16.5. The number of nitrogens with one attached hydrogen (secondary N) is 1. The summed E-state index contributed by atoms with van der Waals surface area (Å²) in [5.74, 6) is 1.12. The first-order chi connectivity index (χ1) is 12.7. The molecule has 4 heterocycles. The van der Waals surface area contributed by atoms with Crippen molar-refractivity contribution in [2.75, 3.05) is 39.4 Å². The predicted molar refractivity (Wildman–Crippen MR) is 98.9 cm³/mol. The van der Waals surface area contributed by atoms with Gasteiger partial charge in [0.05, 0.1) is 18.8 Å². The van der Waals surface area contributed by atoms with Crippen LogP contribution in [0.5, 0.6) is 0 Å². The van der Waals surface area contributed by atoms with Crippen molar-refractivity contribution in [1.82, 2.24) is 25.0 Å². The molecule has 2 aliphatic heterocycles. The number of carbonyl (C=O) groups is 1. The zero-order chi connectivity index (χ0) is 17.9. The summed E-state index contributed by atoms with van der Waals surface area (Å²) in [5.41, 5.74) is 2.07. The SMILES string of the molecule is CC(=O)NCCn1nc([C@@H]2CCN(C[C@@H]3CCOC3)C2)c2cccnc21. The van der Waals surface area contributed by atoms with Crippen molar-refractivity contribution in [2.24, 2.45) is 5.92 Å². The highest BCUT2D eigenvalue weighted by Gasteiger charge is 2.30. The van der Waals surface area contributed by atoms with E-state index >= 15 is 0 Å². The number of rotatable bonds is 6. The average Bonchev–Trinajstić information content (AvgIpc) is 3.36. The number of likely N-dealkylation sites (tertiary alicyclic amines) is 1. The first kappa shape index (κ1) is 17.4. The Morgan fingerprint density at radius 3 is 3.15 bits per heavy atom. The van der Waals surface area contributed by atoms with Crippen LogP contribution in [0.2, 0.25) is 0 Å². The van der Waals surface area contributed by atoms with Crippen LogP contribution in [-0.4, -0.2) is 65.0 Å². The fourth-order valence-corrected chi connectivity index (χ4v) is 4.14. The minimum Gasteiger partial charge on any atom is -0.381 e. The zero-order valence-corrected chi connectivity index (χ0v) is 15.4. The van der Waals surface area contributed by atoms with Gasteiger partial charge >= 0.3 is 0 Å². The van der Waals surface area contributed by atoms with Crippen LogP contribution < -0.4 is 5.32 Å². The van der Waals surface area contributed by atoms with Crippen LogP contribution in [0.4, 0.5) is 0 Å². The Kier molecular flexibility index (Phi) is 5.17. The maximum atomic E-state index is 11.1. The molecule has 4 rings (SSSR count). The van der Waals surface area contributed by atoms with Crippen LogP contribution in [0.15, 0.2) is 18.3 Å². The molecule has 1 N–H and O–H groups in total. The molecule has 7 heteroatoms. The average molecular weight is 357 g/mol. The van der Waals surface area contributed by atoms with Gasteiger partial charge in [0.15, 0.2) is 5.65 Å². The smallest absolute Gasteiger partial charge is 0.216 e. The monoisotopic (exact) mass is 357 g/mol. The standard InChI is InChI=1S/C19H27N5O2/c1-14(25)20-7-9-24-19-17(3-2-6-21-19)18(22-24)16-4-8-23(12-16)11-15-5-10-26-13-15/h2-3,6,15-16H,4-5,7-13H2,1H3,(H,20,25)/t15-,16+/m0/s1. The van der Waals surface area contributed by atoms with Gasteiger partial charge < -0.3 is 15.0 Å². The maximum absolute atomic E-state index is 11.1. The summed E-state index contributed by atoms with van der Waals surface area (Å²) in [4.78, 5) is 18.2. The van der Waals surface area contributed by atoms with Gasteiger partial charge in [0.25, 0.3) is 0 Å². The molecule has 2 fully saturated rings. The molecule has 2 saturated heterocycles. The van der Waals surface area contributed by atoms with E-state index in [1.165, 1.54) is 13.3 Å². The van der Waals surface area contributed by atoms with Gasteiger partial charge in [-0.1, -0.05) is 0 Å². The van der Waals surface area contributed by atoms with E-state index in [1.54, 1.807) is 0 Å². The van der Waals surface area contributed by atoms with E-state index in [0.29, 0.717) is 24.9 Å². The lowest BCUT2D eigenvalue weighted by Gasteiger charge is -2.19. The van der Waals surface area contributed by atoms with Crippen LogP contribution in [0.3, 0.4) is 0 Å². The highest BCUT2D eigenvalue weighted by Crippen LogP contribution is 2.32. The molecule has 0 aromatic carbocycles. The van der Waals surface area contributed by atoms with E-state index in [0.717, 1.165) is 56.0 Å². The van der Waals surface area contributed by atoms with Crippen molar-refractivity contribution in [3.05, 3.63) is 24.0 Å². The van der Waals surface area contributed by atoms with Crippen molar-refractivity contribution in [3.63, 3.8) is 0 Å². The summed E-state index contributed by atoms with van der Waals surface area (Å²) >= 11 is 0. The van der Waals surface area contributed by atoms with Crippen molar-refractivity contribution >= 4 is 16.9 Å². The molecule has 2 aliphatic rings. The molecular formula is C19H27N5O2. The maximum Gasteiger partial charge on any atom is 0.216 e. The molecule has 7 nitrogen and oxygen atoms in total. The third-order valence-electron chi connectivity index (χ3n) is 5.43. The van der Waals surface area contributed by atoms with Gasteiger partial charge in [-0.15, -0.1) is 0 Å². The number of amides is 1. The fraction of sp³-hybridized carbons (Fsp3) is 0.632. The molecule has 2 aromatic heterocycles. The molecule has 0 aliphatic carbocycles. The largest absolute Gasteiger partial charge is 0.381 e. The molecule has 0 unspecified atom stereocenters. The van der Waals surface area contributed by atoms with Crippen LogP contribution >= 0.6 is 0 Å².